The summed E-state index contributed by atoms with van der Waals surface area (Å²) >= 11 is 0. The van der Waals surface area contributed by atoms with Crippen molar-refractivity contribution in [1.82, 2.24) is 0 Å². The van der Waals surface area contributed by atoms with Crippen molar-refractivity contribution in [3.63, 3.8) is 0 Å². The molecule has 0 nitrogen and oxygen atoms in total. The van der Waals surface area contributed by atoms with Gasteiger partial charge in [0.1, 0.15) is 8.07 Å². The fourth-order valence-corrected chi connectivity index (χ4v) is 7.72. The fourth-order valence-electron chi connectivity index (χ4n) is 4.09. The highest BCUT2D eigenvalue weighted by atomic mass is 28.3. The number of hydrogen-bond donors (Lipinski definition) is 0. The molecule has 0 heterocycles. The molecule has 0 saturated carbocycles. The molecule has 0 saturated heterocycles. The first-order valence-corrected chi connectivity index (χ1v) is 12.6. The Morgan fingerprint density at radius 2 is 1.09 bits per heavy atom. The van der Waals surface area contributed by atoms with Gasteiger partial charge >= 0.3 is 0 Å². The van der Waals surface area contributed by atoms with E-state index in [9.17, 15) is 0 Å². The van der Waals surface area contributed by atoms with Gasteiger partial charge in [0, 0.05) is 0 Å². The molecule has 0 aromatic carbocycles. The normalized spacial score (nSPS) is 25.0. The molecule has 1 heteroatoms. The van der Waals surface area contributed by atoms with Gasteiger partial charge in [0.2, 0.25) is 0 Å². The van der Waals surface area contributed by atoms with Crippen LogP contribution in [0.15, 0.2) is 45.8 Å². The van der Waals surface area contributed by atoms with Crippen LogP contribution in [0.5, 0.6) is 0 Å². The summed E-state index contributed by atoms with van der Waals surface area (Å²) in [7, 11) is -1.59. The lowest BCUT2D eigenvalue weighted by atomic mass is 9.98. The van der Waals surface area contributed by atoms with E-state index in [1.165, 1.54) is 12.8 Å². The molecule has 0 amide bonds. The standard InChI is InChI=1S/C22H36Si/c1-9-17-11-19(15(3)4)13-21(17)23(7,8)22-14-20(16(5)6)12-18(22)10-2/h11-16,19-20H,9-10H2,1-8H3. The van der Waals surface area contributed by atoms with E-state index < -0.39 is 8.07 Å². The van der Waals surface area contributed by atoms with Gasteiger partial charge in [-0.05, 0) is 36.5 Å². The molecular formula is C22H36Si. The van der Waals surface area contributed by atoms with Gasteiger partial charge < -0.3 is 0 Å². The summed E-state index contributed by atoms with van der Waals surface area (Å²) in [5.74, 6) is 2.70. The summed E-state index contributed by atoms with van der Waals surface area (Å²) in [5.41, 5.74) is 3.26. The largest absolute Gasteiger partial charge is 0.112 e. The zero-order valence-electron chi connectivity index (χ0n) is 16.5. The molecule has 0 spiro atoms. The Morgan fingerprint density at radius 1 is 0.739 bits per heavy atom. The topological polar surface area (TPSA) is 0 Å². The monoisotopic (exact) mass is 328 g/mol. The number of hydrogen-bond acceptors (Lipinski definition) is 0. The molecule has 2 atom stereocenters. The molecule has 0 aromatic heterocycles. The van der Waals surface area contributed by atoms with Gasteiger partial charge in [-0.2, -0.15) is 0 Å². The van der Waals surface area contributed by atoms with Gasteiger partial charge in [0.05, 0.1) is 0 Å². The average molecular weight is 329 g/mol. The first-order chi connectivity index (χ1) is 10.7. The molecular weight excluding hydrogens is 292 g/mol. The van der Waals surface area contributed by atoms with Crippen LogP contribution in [-0.4, -0.2) is 8.07 Å². The van der Waals surface area contributed by atoms with E-state index in [1.807, 2.05) is 0 Å². The first kappa shape index (κ1) is 18.5. The lowest BCUT2D eigenvalue weighted by Crippen LogP contribution is -2.33. The molecule has 2 rings (SSSR count). The minimum Gasteiger partial charge on any atom is -0.0774 e. The summed E-state index contributed by atoms with van der Waals surface area (Å²) in [6.07, 6.45) is 12.7. The summed E-state index contributed by atoms with van der Waals surface area (Å²) < 4.78 is 0. The first-order valence-electron chi connectivity index (χ1n) is 9.59. The maximum absolute atomic E-state index is 2.62. The smallest absolute Gasteiger partial charge is 0.0774 e. The molecule has 0 radical (unpaired) electrons. The molecule has 0 aliphatic heterocycles. The van der Waals surface area contributed by atoms with Crippen molar-refractivity contribution in [2.45, 2.75) is 67.5 Å². The van der Waals surface area contributed by atoms with Gasteiger partial charge in [-0.15, -0.1) is 0 Å². The van der Waals surface area contributed by atoms with Crippen molar-refractivity contribution in [3.05, 3.63) is 45.8 Å². The second-order valence-corrected chi connectivity index (χ2v) is 12.8. The van der Waals surface area contributed by atoms with Crippen molar-refractivity contribution < 1.29 is 0 Å². The molecule has 2 unspecified atom stereocenters. The third-order valence-electron chi connectivity index (χ3n) is 5.85. The maximum Gasteiger partial charge on any atom is 0.112 e. The van der Waals surface area contributed by atoms with E-state index in [0.717, 1.165) is 0 Å². The Morgan fingerprint density at radius 3 is 1.35 bits per heavy atom. The second-order valence-electron chi connectivity index (χ2n) is 8.52. The van der Waals surface area contributed by atoms with Crippen LogP contribution in [0.25, 0.3) is 0 Å². The summed E-state index contributed by atoms with van der Waals surface area (Å²) in [5, 5.41) is 3.43. The van der Waals surface area contributed by atoms with Gasteiger partial charge in [-0.25, -0.2) is 0 Å². The van der Waals surface area contributed by atoms with Crippen molar-refractivity contribution in [2.75, 3.05) is 0 Å². The van der Waals surface area contributed by atoms with Crippen LogP contribution < -0.4 is 0 Å². The highest BCUT2D eigenvalue weighted by Crippen LogP contribution is 2.44. The second kappa shape index (κ2) is 6.97. The molecule has 2 aliphatic rings. The quantitative estimate of drug-likeness (QED) is 0.467. The summed E-state index contributed by atoms with van der Waals surface area (Å²) in [4.78, 5) is 0. The van der Waals surface area contributed by atoms with Crippen molar-refractivity contribution >= 4 is 8.07 Å². The highest BCUT2D eigenvalue weighted by Gasteiger charge is 2.38. The Kier molecular flexibility index (Phi) is 5.61. The van der Waals surface area contributed by atoms with E-state index in [0.29, 0.717) is 23.7 Å². The van der Waals surface area contributed by atoms with Crippen LogP contribution in [0, 0.1) is 23.7 Å². The minimum atomic E-state index is -1.59. The van der Waals surface area contributed by atoms with E-state index in [-0.39, 0.29) is 0 Å². The summed E-state index contributed by atoms with van der Waals surface area (Å²) in [6, 6.07) is 0. The van der Waals surface area contributed by atoms with Gasteiger partial charge in [0.15, 0.2) is 0 Å². The lowest BCUT2D eigenvalue weighted by molar-refractivity contribution is 0.554. The molecule has 0 fully saturated rings. The third kappa shape index (κ3) is 3.50. The van der Waals surface area contributed by atoms with Crippen molar-refractivity contribution in [3.8, 4) is 0 Å². The van der Waals surface area contributed by atoms with Gasteiger partial charge in [-0.1, -0.05) is 100 Å². The molecule has 128 valence electrons. The van der Waals surface area contributed by atoms with Crippen LogP contribution in [0.3, 0.4) is 0 Å². The van der Waals surface area contributed by atoms with Gasteiger partial charge in [0.25, 0.3) is 0 Å². The predicted octanol–water partition coefficient (Wildman–Crippen LogP) is 6.87. The zero-order valence-corrected chi connectivity index (χ0v) is 17.5. The van der Waals surface area contributed by atoms with Crippen LogP contribution in [0.1, 0.15) is 54.4 Å². The Balaban J connectivity index is 2.42. The zero-order chi connectivity index (χ0) is 17.4. The molecule has 0 N–H and O–H groups in total. The number of rotatable bonds is 6. The molecule has 0 aromatic rings. The van der Waals surface area contributed by atoms with E-state index in [2.05, 4.69) is 78.9 Å². The van der Waals surface area contributed by atoms with E-state index in [1.54, 1.807) is 21.5 Å². The third-order valence-corrected chi connectivity index (χ3v) is 9.51. The van der Waals surface area contributed by atoms with Crippen LogP contribution in [-0.2, 0) is 0 Å². The molecule has 23 heavy (non-hydrogen) atoms. The number of allylic oxidation sites excluding steroid dienone is 8. The van der Waals surface area contributed by atoms with Crippen molar-refractivity contribution in [1.29, 1.82) is 0 Å². The SMILES string of the molecule is CCC1=CC(C(C)C)C=C1[Si](C)(C)C1=CC(C(C)C)C=C1CC. The molecule has 0 bridgehead atoms. The van der Waals surface area contributed by atoms with E-state index >= 15 is 0 Å². The van der Waals surface area contributed by atoms with Crippen LogP contribution in [0.4, 0.5) is 0 Å². The van der Waals surface area contributed by atoms with Crippen molar-refractivity contribution in [2.24, 2.45) is 23.7 Å². The fraction of sp³-hybridized carbons (Fsp3) is 0.636. The van der Waals surface area contributed by atoms with Gasteiger partial charge in [-0.3, -0.25) is 0 Å². The molecule has 2 aliphatic carbocycles. The van der Waals surface area contributed by atoms with E-state index in [4.69, 9.17) is 0 Å². The van der Waals surface area contributed by atoms with Crippen LogP contribution in [0.2, 0.25) is 13.1 Å². The Hall–Kier alpha value is -0.823. The maximum atomic E-state index is 2.62. The van der Waals surface area contributed by atoms with Crippen LogP contribution >= 0.6 is 0 Å². The summed E-state index contributed by atoms with van der Waals surface area (Å²) in [6.45, 7) is 19.2. The lowest BCUT2D eigenvalue weighted by Gasteiger charge is -2.30. The highest BCUT2D eigenvalue weighted by molar-refractivity contribution is 6.92. The predicted molar refractivity (Wildman–Crippen MR) is 107 cm³/mol. The minimum absolute atomic E-state index is 0.642. The Bertz CT molecular complexity index is 517. The average Bonchev–Trinajstić information content (AvgIpc) is 3.11. The Labute approximate surface area is 145 Å².